The minimum Gasteiger partial charge on any atom is -0.481 e. The second-order valence-electron chi connectivity index (χ2n) is 5.30. The summed E-state index contributed by atoms with van der Waals surface area (Å²) in [5.74, 6) is -2.11. The van der Waals surface area contributed by atoms with Crippen LogP contribution in [0.3, 0.4) is 0 Å². The number of halogens is 1. The Labute approximate surface area is 109 Å². The molecule has 0 aromatic heterocycles. The molecule has 19 heavy (non-hydrogen) atoms. The van der Waals surface area contributed by atoms with E-state index in [1.165, 1.54) is 12.1 Å². The van der Waals surface area contributed by atoms with Gasteiger partial charge >= 0.3 is 5.97 Å². The van der Waals surface area contributed by atoms with Crippen molar-refractivity contribution in [2.45, 2.75) is 24.8 Å². The van der Waals surface area contributed by atoms with E-state index in [1.807, 2.05) is 6.07 Å². The van der Waals surface area contributed by atoms with Crippen LogP contribution in [0.2, 0.25) is 0 Å². The molecule has 3 rings (SSSR count). The van der Waals surface area contributed by atoms with Crippen LogP contribution in [0.1, 0.15) is 24.3 Å². The van der Waals surface area contributed by atoms with E-state index in [0.717, 1.165) is 12.0 Å². The van der Waals surface area contributed by atoms with E-state index in [0.29, 0.717) is 6.42 Å². The van der Waals surface area contributed by atoms with Gasteiger partial charge in [0.05, 0.1) is 11.8 Å². The minimum atomic E-state index is -0.905. The first-order chi connectivity index (χ1) is 9.06. The van der Waals surface area contributed by atoms with Crippen LogP contribution < -0.4 is 5.32 Å². The fourth-order valence-electron chi connectivity index (χ4n) is 2.51. The molecule has 0 spiro atoms. The third kappa shape index (κ3) is 2.45. The Hall–Kier alpha value is -1.91. The molecule has 5 heteroatoms. The normalized spacial score (nSPS) is 31.6. The lowest BCUT2D eigenvalue weighted by Crippen LogP contribution is -2.29. The van der Waals surface area contributed by atoms with Gasteiger partial charge in [-0.2, -0.15) is 0 Å². The summed E-state index contributed by atoms with van der Waals surface area (Å²) in [6, 6.07) is 6.39. The van der Waals surface area contributed by atoms with Gasteiger partial charge in [-0.05, 0) is 30.5 Å². The monoisotopic (exact) mass is 263 g/mol. The smallest absolute Gasteiger partial charge is 0.307 e. The van der Waals surface area contributed by atoms with Crippen LogP contribution in [0, 0.1) is 17.7 Å². The molecular formula is C14H14FNO3. The van der Waals surface area contributed by atoms with Crippen molar-refractivity contribution in [3.05, 3.63) is 35.6 Å². The number of carboxylic acids is 1. The fourth-order valence-corrected chi connectivity index (χ4v) is 2.51. The number of benzene rings is 1. The van der Waals surface area contributed by atoms with E-state index < -0.39 is 11.9 Å². The molecule has 0 unspecified atom stereocenters. The molecular weight excluding hydrogens is 249 g/mol. The molecule has 0 heterocycles. The number of hydrogen-bond acceptors (Lipinski definition) is 2. The SMILES string of the molecule is O=C(N[C@H]1C[C@H]1c1cccc(F)c1)[C@H]1C[C@H]1C(=O)O. The lowest BCUT2D eigenvalue weighted by atomic mass is 10.1. The van der Waals surface area contributed by atoms with Gasteiger partial charge in [0.25, 0.3) is 0 Å². The van der Waals surface area contributed by atoms with Gasteiger partial charge in [0, 0.05) is 12.0 Å². The lowest BCUT2D eigenvalue weighted by molar-refractivity contribution is -0.140. The highest BCUT2D eigenvalue weighted by Gasteiger charge is 2.50. The predicted molar refractivity (Wildman–Crippen MR) is 64.9 cm³/mol. The highest BCUT2D eigenvalue weighted by atomic mass is 19.1. The topological polar surface area (TPSA) is 66.4 Å². The van der Waals surface area contributed by atoms with Crippen molar-refractivity contribution in [1.82, 2.24) is 5.32 Å². The van der Waals surface area contributed by atoms with E-state index in [2.05, 4.69) is 5.32 Å². The quantitative estimate of drug-likeness (QED) is 0.865. The zero-order valence-corrected chi connectivity index (χ0v) is 10.2. The molecule has 0 saturated heterocycles. The third-order valence-electron chi connectivity index (χ3n) is 3.84. The molecule has 2 aliphatic rings. The maximum Gasteiger partial charge on any atom is 0.307 e. The van der Waals surface area contributed by atoms with E-state index in [4.69, 9.17) is 5.11 Å². The maximum absolute atomic E-state index is 13.1. The van der Waals surface area contributed by atoms with Crippen LogP contribution in [0.5, 0.6) is 0 Å². The number of carbonyl (C=O) groups is 2. The molecule has 2 N–H and O–H groups in total. The molecule has 2 fully saturated rings. The zero-order chi connectivity index (χ0) is 13.6. The first kappa shape index (κ1) is 12.1. The fraction of sp³-hybridized carbons (Fsp3) is 0.429. The van der Waals surface area contributed by atoms with Crippen LogP contribution in [0.15, 0.2) is 24.3 Å². The summed E-state index contributed by atoms with van der Waals surface area (Å²) in [5, 5.41) is 11.6. The molecule has 2 aliphatic carbocycles. The largest absolute Gasteiger partial charge is 0.481 e. The van der Waals surface area contributed by atoms with Gasteiger partial charge in [0.2, 0.25) is 5.91 Å². The Balaban J connectivity index is 1.54. The summed E-state index contributed by atoms with van der Waals surface area (Å²) in [5.41, 5.74) is 0.885. The molecule has 4 atom stereocenters. The molecule has 100 valence electrons. The van der Waals surface area contributed by atoms with Gasteiger partial charge in [0.1, 0.15) is 5.82 Å². The molecule has 0 radical (unpaired) electrons. The molecule has 1 aromatic rings. The molecule has 2 saturated carbocycles. The minimum absolute atomic E-state index is 0.0179. The number of carboxylic acid groups (broad SMARTS) is 1. The summed E-state index contributed by atoms with van der Waals surface area (Å²) in [6.07, 6.45) is 1.22. The summed E-state index contributed by atoms with van der Waals surface area (Å²) in [7, 11) is 0. The van der Waals surface area contributed by atoms with Gasteiger partial charge in [-0.25, -0.2) is 4.39 Å². The molecule has 4 nitrogen and oxygen atoms in total. The Morgan fingerprint density at radius 3 is 2.68 bits per heavy atom. The number of amides is 1. The van der Waals surface area contributed by atoms with Crippen molar-refractivity contribution in [3.63, 3.8) is 0 Å². The van der Waals surface area contributed by atoms with Crippen molar-refractivity contribution in [1.29, 1.82) is 0 Å². The average Bonchev–Trinajstić information content (AvgIpc) is 3.23. The summed E-state index contributed by atoms with van der Waals surface area (Å²) in [6.45, 7) is 0. The molecule has 0 bridgehead atoms. The second-order valence-corrected chi connectivity index (χ2v) is 5.30. The van der Waals surface area contributed by atoms with Crippen molar-refractivity contribution in [2.75, 3.05) is 0 Å². The van der Waals surface area contributed by atoms with Crippen molar-refractivity contribution in [2.24, 2.45) is 11.8 Å². The summed E-state index contributed by atoms with van der Waals surface area (Å²) < 4.78 is 13.1. The van der Waals surface area contributed by atoms with E-state index in [9.17, 15) is 14.0 Å². The van der Waals surface area contributed by atoms with Gasteiger partial charge in [-0.1, -0.05) is 12.1 Å². The highest BCUT2D eigenvalue weighted by Crippen LogP contribution is 2.43. The van der Waals surface area contributed by atoms with Gasteiger partial charge in [-0.3, -0.25) is 9.59 Å². The second kappa shape index (κ2) is 4.33. The Morgan fingerprint density at radius 2 is 2.05 bits per heavy atom. The Morgan fingerprint density at radius 1 is 1.26 bits per heavy atom. The zero-order valence-electron chi connectivity index (χ0n) is 10.2. The van der Waals surface area contributed by atoms with Crippen LogP contribution in [-0.4, -0.2) is 23.0 Å². The molecule has 1 amide bonds. The highest BCUT2D eigenvalue weighted by molar-refractivity contribution is 5.89. The predicted octanol–water partition coefficient (Wildman–Crippen LogP) is 1.52. The van der Waals surface area contributed by atoms with E-state index in [-0.39, 0.29) is 29.6 Å². The standard InChI is InChI=1S/C14H14FNO3/c15-8-3-1-2-7(4-8)9-6-12(9)16-13(17)10-5-11(10)14(18)19/h1-4,9-12H,5-6H2,(H,16,17)(H,18,19)/t9-,10-,11+,12-/m0/s1. The van der Waals surface area contributed by atoms with Crippen LogP contribution in [-0.2, 0) is 9.59 Å². The van der Waals surface area contributed by atoms with Gasteiger partial charge < -0.3 is 10.4 Å². The van der Waals surface area contributed by atoms with Crippen molar-refractivity contribution < 1.29 is 19.1 Å². The van der Waals surface area contributed by atoms with Crippen molar-refractivity contribution in [3.8, 4) is 0 Å². The van der Waals surface area contributed by atoms with Gasteiger partial charge in [-0.15, -0.1) is 0 Å². The van der Waals surface area contributed by atoms with Gasteiger partial charge in [0.15, 0.2) is 0 Å². The van der Waals surface area contributed by atoms with Crippen LogP contribution in [0.4, 0.5) is 4.39 Å². The maximum atomic E-state index is 13.1. The van der Waals surface area contributed by atoms with Crippen LogP contribution in [0.25, 0.3) is 0 Å². The van der Waals surface area contributed by atoms with Crippen LogP contribution >= 0.6 is 0 Å². The first-order valence-corrected chi connectivity index (χ1v) is 6.35. The lowest BCUT2D eigenvalue weighted by Gasteiger charge is -2.04. The van der Waals surface area contributed by atoms with Crippen molar-refractivity contribution >= 4 is 11.9 Å². The van der Waals surface area contributed by atoms with E-state index in [1.54, 1.807) is 6.07 Å². The average molecular weight is 263 g/mol. The number of hydrogen-bond donors (Lipinski definition) is 2. The molecule has 0 aliphatic heterocycles. The number of nitrogens with one attached hydrogen (secondary N) is 1. The number of rotatable bonds is 4. The third-order valence-corrected chi connectivity index (χ3v) is 3.84. The summed E-state index contributed by atoms with van der Waals surface area (Å²) >= 11 is 0. The first-order valence-electron chi connectivity index (χ1n) is 6.35. The Kier molecular flexibility index (Phi) is 2.77. The molecule has 1 aromatic carbocycles. The number of carbonyl (C=O) groups excluding carboxylic acids is 1. The summed E-state index contributed by atoms with van der Waals surface area (Å²) in [4.78, 5) is 22.4. The Bertz CT molecular complexity index is 545. The van der Waals surface area contributed by atoms with E-state index >= 15 is 0 Å². The number of aliphatic carboxylic acids is 1.